The number of carbonyl (C=O) groups is 2. The molecule has 0 aromatic heterocycles. The Morgan fingerprint density at radius 3 is 2.71 bits per heavy atom. The lowest BCUT2D eigenvalue weighted by Crippen LogP contribution is -2.53. The highest BCUT2D eigenvalue weighted by atomic mass is 16.5. The van der Waals surface area contributed by atoms with Gasteiger partial charge in [0, 0.05) is 32.3 Å². The van der Waals surface area contributed by atoms with Crippen LogP contribution < -0.4 is 5.32 Å². The van der Waals surface area contributed by atoms with Gasteiger partial charge in [-0.1, -0.05) is 0 Å². The van der Waals surface area contributed by atoms with E-state index in [1.165, 1.54) is 0 Å². The Morgan fingerprint density at radius 2 is 2.05 bits per heavy atom. The maximum atomic E-state index is 12.3. The van der Waals surface area contributed by atoms with Crippen molar-refractivity contribution in [3.63, 3.8) is 0 Å². The monoisotopic (exact) mass is 300 g/mol. The van der Waals surface area contributed by atoms with E-state index in [2.05, 4.69) is 5.32 Å². The summed E-state index contributed by atoms with van der Waals surface area (Å²) >= 11 is 0. The molecule has 0 radical (unpaired) electrons. The number of nitrogens with one attached hydrogen (secondary N) is 1. The van der Waals surface area contributed by atoms with E-state index >= 15 is 0 Å². The second kappa shape index (κ2) is 7.61. The van der Waals surface area contributed by atoms with Gasteiger partial charge in [0.1, 0.15) is 0 Å². The van der Waals surface area contributed by atoms with Gasteiger partial charge in [0.15, 0.2) is 0 Å². The maximum absolute atomic E-state index is 12.3. The summed E-state index contributed by atoms with van der Waals surface area (Å²) < 4.78 is 10.7. The van der Waals surface area contributed by atoms with Crippen LogP contribution in [0.1, 0.15) is 26.2 Å². The number of ether oxygens (including phenoxy) is 2. The number of carboxylic acid groups (broad SMARTS) is 1. The normalized spacial score (nSPS) is 25.4. The first kappa shape index (κ1) is 16.0. The molecule has 0 spiro atoms. The van der Waals surface area contributed by atoms with Gasteiger partial charge in [-0.2, -0.15) is 0 Å². The van der Waals surface area contributed by atoms with E-state index in [1.807, 2.05) is 6.92 Å². The number of hydrogen-bond acceptors (Lipinski definition) is 4. The van der Waals surface area contributed by atoms with E-state index in [4.69, 9.17) is 14.6 Å². The van der Waals surface area contributed by atoms with Gasteiger partial charge in [-0.15, -0.1) is 0 Å². The Morgan fingerprint density at radius 1 is 1.33 bits per heavy atom. The van der Waals surface area contributed by atoms with Crippen LogP contribution >= 0.6 is 0 Å². The van der Waals surface area contributed by atoms with Gasteiger partial charge in [0.2, 0.25) is 0 Å². The number of hydrogen-bond donors (Lipinski definition) is 2. The van der Waals surface area contributed by atoms with Crippen molar-refractivity contribution in [1.82, 2.24) is 10.2 Å². The first-order valence-electron chi connectivity index (χ1n) is 7.53. The molecule has 2 aliphatic rings. The Kier molecular flexibility index (Phi) is 5.81. The van der Waals surface area contributed by atoms with Crippen molar-refractivity contribution in [3.05, 3.63) is 0 Å². The zero-order chi connectivity index (χ0) is 15.2. The van der Waals surface area contributed by atoms with Gasteiger partial charge in [0.05, 0.1) is 19.1 Å². The van der Waals surface area contributed by atoms with Crippen LogP contribution in [-0.4, -0.2) is 67.1 Å². The fourth-order valence-corrected chi connectivity index (χ4v) is 2.84. The molecule has 2 N–H and O–H groups in total. The predicted molar refractivity (Wildman–Crippen MR) is 75.1 cm³/mol. The summed E-state index contributed by atoms with van der Waals surface area (Å²) in [7, 11) is 0. The second-order valence-corrected chi connectivity index (χ2v) is 5.72. The van der Waals surface area contributed by atoms with Gasteiger partial charge in [-0.25, -0.2) is 4.79 Å². The highest BCUT2D eigenvalue weighted by molar-refractivity contribution is 5.75. The molecule has 7 heteroatoms. The largest absolute Gasteiger partial charge is 0.481 e. The molecule has 0 saturated carbocycles. The van der Waals surface area contributed by atoms with E-state index in [-0.39, 0.29) is 18.5 Å². The average Bonchev–Trinajstić information content (AvgIpc) is 2.47. The number of urea groups is 1. The van der Waals surface area contributed by atoms with Crippen LogP contribution in [0.25, 0.3) is 0 Å². The van der Waals surface area contributed by atoms with Crippen LogP contribution in [-0.2, 0) is 14.3 Å². The van der Waals surface area contributed by atoms with Gasteiger partial charge in [-0.3, -0.25) is 4.79 Å². The average molecular weight is 300 g/mol. The summed E-state index contributed by atoms with van der Waals surface area (Å²) in [4.78, 5) is 24.6. The van der Waals surface area contributed by atoms with Crippen LogP contribution in [0.3, 0.4) is 0 Å². The van der Waals surface area contributed by atoms with Gasteiger partial charge in [0.25, 0.3) is 0 Å². The van der Waals surface area contributed by atoms with E-state index in [9.17, 15) is 9.59 Å². The van der Waals surface area contributed by atoms with Crippen molar-refractivity contribution in [2.75, 3.05) is 32.9 Å². The second-order valence-electron chi connectivity index (χ2n) is 5.72. The van der Waals surface area contributed by atoms with E-state index in [0.717, 1.165) is 26.1 Å². The summed E-state index contributed by atoms with van der Waals surface area (Å²) in [5.74, 6) is -0.462. The van der Waals surface area contributed by atoms with Crippen LogP contribution in [0.15, 0.2) is 0 Å². The molecule has 2 heterocycles. The highest BCUT2D eigenvalue weighted by Crippen LogP contribution is 2.19. The minimum absolute atomic E-state index is 0.0701. The molecule has 7 nitrogen and oxygen atoms in total. The van der Waals surface area contributed by atoms with Crippen molar-refractivity contribution < 1.29 is 24.2 Å². The number of nitrogens with zero attached hydrogens (tertiary/aromatic N) is 1. The fourth-order valence-electron chi connectivity index (χ4n) is 2.84. The molecule has 2 unspecified atom stereocenters. The third-order valence-corrected chi connectivity index (χ3v) is 4.15. The summed E-state index contributed by atoms with van der Waals surface area (Å²) in [6.07, 6.45) is 1.44. The smallest absolute Gasteiger partial charge is 0.317 e. The summed E-state index contributed by atoms with van der Waals surface area (Å²) in [5.41, 5.74) is 0. The van der Waals surface area contributed by atoms with E-state index in [0.29, 0.717) is 25.6 Å². The maximum Gasteiger partial charge on any atom is 0.317 e. The lowest BCUT2D eigenvalue weighted by Gasteiger charge is -2.35. The van der Waals surface area contributed by atoms with Gasteiger partial charge in [-0.05, 0) is 25.7 Å². The number of morpholine rings is 1. The molecule has 2 amide bonds. The molecule has 120 valence electrons. The topological polar surface area (TPSA) is 88.1 Å². The lowest BCUT2D eigenvalue weighted by atomic mass is 9.93. The van der Waals surface area contributed by atoms with Crippen molar-refractivity contribution in [1.29, 1.82) is 0 Å². The minimum Gasteiger partial charge on any atom is -0.481 e. The Labute approximate surface area is 124 Å². The van der Waals surface area contributed by atoms with E-state index in [1.54, 1.807) is 4.90 Å². The Bertz CT molecular complexity index is 370. The molecule has 0 bridgehead atoms. The van der Waals surface area contributed by atoms with Crippen LogP contribution in [0, 0.1) is 5.92 Å². The van der Waals surface area contributed by atoms with Crippen molar-refractivity contribution in [3.8, 4) is 0 Å². The molecular weight excluding hydrogens is 276 g/mol. The van der Waals surface area contributed by atoms with Crippen molar-refractivity contribution in [2.24, 2.45) is 5.92 Å². The number of carboxylic acids is 1. The zero-order valence-corrected chi connectivity index (χ0v) is 12.4. The van der Waals surface area contributed by atoms with Gasteiger partial charge < -0.3 is 24.8 Å². The quantitative estimate of drug-likeness (QED) is 0.797. The van der Waals surface area contributed by atoms with Crippen LogP contribution in [0.2, 0.25) is 0 Å². The third kappa shape index (κ3) is 4.86. The predicted octanol–water partition coefficient (Wildman–Crippen LogP) is 0.687. The first-order chi connectivity index (χ1) is 10.1. The highest BCUT2D eigenvalue weighted by Gasteiger charge is 2.28. The summed E-state index contributed by atoms with van der Waals surface area (Å²) in [6.45, 7) is 4.74. The summed E-state index contributed by atoms with van der Waals surface area (Å²) in [6, 6.07) is -0.0325. The van der Waals surface area contributed by atoms with Crippen molar-refractivity contribution in [2.45, 2.75) is 38.3 Å². The molecule has 2 fully saturated rings. The standard InChI is InChI=1S/C14H24N2O5/c1-10(11-2-5-20-6-3-11)15-14(19)16-4-7-21-12(9-16)8-13(17)18/h10-12H,2-9H2,1H3,(H,15,19)(H,17,18). The molecule has 2 rings (SSSR count). The zero-order valence-electron chi connectivity index (χ0n) is 12.4. The van der Waals surface area contributed by atoms with Crippen molar-refractivity contribution >= 4 is 12.0 Å². The third-order valence-electron chi connectivity index (χ3n) is 4.15. The number of rotatable bonds is 4. The molecule has 2 atom stereocenters. The SMILES string of the molecule is CC(NC(=O)N1CCOC(CC(=O)O)C1)C1CCOCC1. The molecule has 0 aliphatic carbocycles. The molecule has 2 aliphatic heterocycles. The molecule has 2 saturated heterocycles. The molecule has 0 aromatic rings. The Balaban J connectivity index is 1.80. The van der Waals surface area contributed by atoms with Crippen LogP contribution in [0.4, 0.5) is 4.79 Å². The van der Waals surface area contributed by atoms with E-state index < -0.39 is 12.1 Å². The first-order valence-corrected chi connectivity index (χ1v) is 7.53. The number of amides is 2. The molecular formula is C14H24N2O5. The number of aliphatic carboxylic acids is 1. The Hall–Kier alpha value is -1.34. The molecule has 0 aromatic carbocycles. The minimum atomic E-state index is -0.905. The number of carbonyl (C=O) groups excluding carboxylic acids is 1. The van der Waals surface area contributed by atoms with Crippen LogP contribution in [0.5, 0.6) is 0 Å². The van der Waals surface area contributed by atoms with Gasteiger partial charge >= 0.3 is 12.0 Å². The fraction of sp³-hybridized carbons (Fsp3) is 0.857. The molecule has 21 heavy (non-hydrogen) atoms. The lowest BCUT2D eigenvalue weighted by molar-refractivity contribution is -0.141. The summed E-state index contributed by atoms with van der Waals surface area (Å²) in [5, 5.41) is 11.8.